The molecule has 2 rings (SSSR count). The number of nitrogens with one attached hydrogen (secondary N) is 2. The van der Waals surface area contributed by atoms with Crippen molar-refractivity contribution in [2.45, 2.75) is 0 Å². The summed E-state index contributed by atoms with van der Waals surface area (Å²) in [5, 5.41) is 6.86. The van der Waals surface area contributed by atoms with Gasteiger partial charge in [-0.25, -0.2) is 15.2 Å². The predicted molar refractivity (Wildman–Crippen MR) is 76.4 cm³/mol. The van der Waals surface area contributed by atoms with E-state index in [9.17, 15) is 4.79 Å². The van der Waals surface area contributed by atoms with Gasteiger partial charge in [-0.15, -0.1) is 0 Å². The van der Waals surface area contributed by atoms with Crippen LogP contribution in [0.1, 0.15) is 5.69 Å². The lowest BCUT2D eigenvalue weighted by Crippen LogP contribution is -2.28. The van der Waals surface area contributed by atoms with Gasteiger partial charge >= 0.3 is 6.03 Å². The second-order valence-electron chi connectivity index (χ2n) is 3.66. The highest BCUT2D eigenvalue weighted by atomic mass is 35.5. The Morgan fingerprint density at radius 1 is 1.25 bits per heavy atom. The van der Waals surface area contributed by atoms with Crippen molar-refractivity contribution in [3.8, 4) is 0 Å². The fraction of sp³-hybridized carbons (Fsp3) is 0. The van der Waals surface area contributed by atoms with Gasteiger partial charge in [-0.1, -0.05) is 11.6 Å². The summed E-state index contributed by atoms with van der Waals surface area (Å²) in [6.45, 7) is 0. The molecule has 0 bridgehead atoms. The molecule has 102 valence electrons. The van der Waals surface area contributed by atoms with E-state index < -0.39 is 6.03 Å². The molecule has 1 heterocycles. The second-order valence-corrected chi connectivity index (χ2v) is 4.10. The van der Waals surface area contributed by atoms with Gasteiger partial charge in [-0.2, -0.15) is 5.10 Å². The summed E-state index contributed by atoms with van der Waals surface area (Å²) < 4.78 is 0. The zero-order valence-corrected chi connectivity index (χ0v) is 11.0. The molecule has 0 saturated heterocycles. The Morgan fingerprint density at radius 2 is 2.00 bits per heavy atom. The van der Waals surface area contributed by atoms with Crippen molar-refractivity contribution in [3.05, 3.63) is 53.6 Å². The number of halogens is 1. The number of hydrogen-bond acceptors (Lipinski definition) is 4. The third kappa shape index (κ3) is 3.92. The first-order valence-electron chi connectivity index (χ1n) is 5.57. The third-order valence-electron chi connectivity index (χ3n) is 2.21. The van der Waals surface area contributed by atoms with Crippen LogP contribution in [0.5, 0.6) is 0 Å². The number of hydrogen-bond donors (Lipinski definition) is 3. The van der Waals surface area contributed by atoms with Gasteiger partial charge in [0.15, 0.2) is 5.84 Å². The van der Waals surface area contributed by atoms with Gasteiger partial charge < -0.3 is 11.1 Å². The van der Waals surface area contributed by atoms with Crippen LogP contribution in [0.2, 0.25) is 5.02 Å². The summed E-state index contributed by atoms with van der Waals surface area (Å²) in [6.07, 6.45) is 4.43. The van der Waals surface area contributed by atoms with E-state index in [-0.39, 0.29) is 5.84 Å². The van der Waals surface area contributed by atoms with E-state index in [2.05, 4.69) is 25.8 Å². The first kappa shape index (κ1) is 13.8. The van der Waals surface area contributed by atoms with E-state index in [0.29, 0.717) is 16.4 Å². The van der Waals surface area contributed by atoms with Crippen molar-refractivity contribution >= 4 is 29.2 Å². The number of benzene rings is 1. The number of carbonyl (C=O) groups excluding carboxylic acids is 1. The molecule has 0 aliphatic rings. The number of rotatable bonds is 3. The van der Waals surface area contributed by atoms with E-state index in [0.717, 1.165) is 0 Å². The molecule has 0 radical (unpaired) electrons. The number of anilines is 1. The van der Waals surface area contributed by atoms with Crippen LogP contribution in [0.3, 0.4) is 0 Å². The number of nitrogens with two attached hydrogens (primary N) is 1. The predicted octanol–water partition coefficient (Wildman–Crippen LogP) is 1.57. The molecule has 8 heteroatoms. The van der Waals surface area contributed by atoms with E-state index in [1.54, 1.807) is 24.3 Å². The van der Waals surface area contributed by atoms with Crippen LogP contribution >= 0.6 is 11.6 Å². The normalized spacial score (nSPS) is 10.9. The lowest BCUT2D eigenvalue weighted by Gasteiger charge is -2.04. The molecule has 0 saturated carbocycles. The largest absolute Gasteiger partial charge is 0.380 e. The van der Waals surface area contributed by atoms with Crippen molar-refractivity contribution in [1.29, 1.82) is 0 Å². The van der Waals surface area contributed by atoms with E-state index in [1.165, 1.54) is 18.6 Å². The summed E-state index contributed by atoms with van der Waals surface area (Å²) in [5.74, 6) is 0.0596. The smallest absolute Gasteiger partial charge is 0.339 e. The van der Waals surface area contributed by atoms with E-state index in [4.69, 9.17) is 17.3 Å². The van der Waals surface area contributed by atoms with Crippen LogP contribution in [0.25, 0.3) is 0 Å². The third-order valence-corrected chi connectivity index (χ3v) is 2.46. The number of carbonyl (C=O) groups is 1. The van der Waals surface area contributed by atoms with Gasteiger partial charge in [0.2, 0.25) is 0 Å². The summed E-state index contributed by atoms with van der Waals surface area (Å²) in [6, 6.07) is 6.12. The van der Waals surface area contributed by atoms with Crippen LogP contribution < -0.4 is 16.5 Å². The molecule has 7 nitrogen and oxygen atoms in total. The number of aromatic nitrogens is 2. The maximum Gasteiger partial charge on any atom is 0.339 e. The molecule has 0 aliphatic heterocycles. The van der Waals surface area contributed by atoms with Crippen molar-refractivity contribution in [2.75, 3.05) is 5.32 Å². The summed E-state index contributed by atoms with van der Waals surface area (Å²) >= 11 is 5.74. The standard InChI is InChI=1S/C12H11ClN6O/c13-8-1-3-9(4-2-8)17-12(20)19-18-11(14)10-7-15-5-6-16-10/h1-7H,(H2,14,18)(H2,17,19,20). The average Bonchev–Trinajstić information content (AvgIpc) is 2.48. The Morgan fingerprint density at radius 3 is 2.65 bits per heavy atom. The van der Waals surface area contributed by atoms with Crippen LogP contribution in [0, 0.1) is 0 Å². The lowest BCUT2D eigenvalue weighted by molar-refractivity contribution is 0.252. The number of amidine groups is 1. The van der Waals surface area contributed by atoms with Gasteiger partial charge in [0, 0.05) is 23.1 Å². The van der Waals surface area contributed by atoms with Gasteiger partial charge in [0.1, 0.15) is 5.69 Å². The molecule has 0 atom stereocenters. The zero-order chi connectivity index (χ0) is 14.4. The Bertz CT molecular complexity index is 614. The minimum Gasteiger partial charge on any atom is -0.380 e. The zero-order valence-electron chi connectivity index (χ0n) is 10.2. The first-order chi connectivity index (χ1) is 9.65. The van der Waals surface area contributed by atoms with Crippen LogP contribution in [0.4, 0.5) is 10.5 Å². The van der Waals surface area contributed by atoms with Gasteiger partial charge in [0.25, 0.3) is 0 Å². The highest BCUT2D eigenvalue weighted by Gasteiger charge is 2.03. The Balaban J connectivity index is 1.93. The molecule has 0 fully saturated rings. The fourth-order valence-corrected chi connectivity index (χ4v) is 1.42. The van der Waals surface area contributed by atoms with Gasteiger partial charge in [-0.05, 0) is 24.3 Å². The molecule has 20 heavy (non-hydrogen) atoms. The van der Waals surface area contributed by atoms with Crippen LogP contribution in [-0.4, -0.2) is 21.8 Å². The second kappa shape index (κ2) is 6.48. The number of amides is 2. The van der Waals surface area contributed by atoms with Crippen molar-refractivity contribution in [2.24, 2.45) is 10.8 Å². The van der Waals surface area contributed by atoms with Crippen molar-refractivity contribution in [3.63, 3.8) is 0 Å². The van der Waals surface area contributed by atoms with E-state index >= 15 is 0 Å². The van der Waals surface area contributed by atoms with E-state index in [1.807, 2.05) is 0 Å². The maximum atomic E-state index is 11.6. The number of hydrazone groups is 1. The summed E-state index contributed by atoms with van der Waals surface area (Å²) in [5.41, 5.74) is 8.86. The molecular formula is C12H11ClN6O. The van der Waals surface area contributed by atoms with Gasteiger partial charge in [-0.3, -0.25) is 4.98 Å². The molecule has 0 unspecified atom stereocenters. The Kier molecular flexibility index (Phi) is 4.46. The molecule has 2 aromatic rings. The van der Waals surface area contributed by atoms with Crippen LogP contribution in [-0.2, 0) is 0 Å². The molecular weight excluding hydrogens is 280 g/mol. The monoisotopic (exact) mass is 290 g/mol. The topological polar surface area (TPSA) is 105 Å². The molecule has 0 spiro atoms. The SMILES string of the molecule is N/C(=N\NC(=O)Nc1ccc(Cl)cc1)c1cnccn1. The first-order valence-corrected chi connectivity index (χ1v) is 5.95. The van der Waals surface area contributed by atoms with Crippen LogP contribution in [0.15, 0.2) is 48.0 Å². The minimum atomic E-state index is -0.529. The number of nitrogens with zero attached hydrogens (tertiary/aromatic N) is 3. The van der Waals surface area contributed by atoms with Gasteiger partial charge in [0.05, 0.1) is 6.20 Å². The van der Waals surface area contributed by atoms with Crippen molar-refractivity contribution in [1.82, 2.24) is 15.4 Å². The molecule has 1 aromatic carbocycles. The lowest BCUT2D eigenvalue weighted by atomic mass is 10.3. The summed E-state index contributed by atoms with van der Waals surface area (Å²) in [7, 11) is 0. The molecule has 2 amide bonds. The molecule has 4 N–H and O–H groups in total. The average molecular weight is 291 g/mol. The maximum absolute atomic E-state index is 11.6. The quantitative estimate of drug-likeness (QED) is 0.453. The molecule has 0 aliphatic carbocycles. The minimum absolute atomic E-state index is 0.0596. The highest BCUT2D eigenvalue weighted by molar-refractivity contribution is 6.30. The Labute approximate surface area is 119 Å². The highest BCUT2D eigenvalue weighted by Crippen LogP contribution is 2.12. The fourth-order valence-electron chi connectivity index (χ4n) is 1.29. The number of urea groups is 1. The summed E-state index contributed by atoms with van der Waals surface area (Å²) in [4.78, 5) is 19.4. The Hall–Kier alpha value is -2.67. The molecule has 1 aromatic heterocycles. The van der Waals surface area contributed by atoms with Crippen molar-refractivity contribution < 1.29 is 4.79 Å².